The van der Waals surface area contributed by atoms with E-state index >= 15 is 0 Å². The number of piperidine rings is 1. The molecule has 238 valence electrons. The zero-order valence-corrected chi connectivity index (χ0v) is 26.4. The molecule has 1 aliphatic heterocycles. The smallest absolute Gasteiger partial charge is 0.240 e. The minimum atomic E-state index is -1.14. The second-order valence-corrected chi connectivity index (χ2v) is 12.7. The van der Waals surface area contributed by atoms with Gasteiger partial charge in [-0.05, 0) is 60.8 Å². The van der Waals surface area contributed by atoms with Crippen molar-refractivity contribution in [3.8, 4) is 0 Å². The molecule has 0 unspecified atom stereocenters. The lowest BCUT2D eigenvalue weighted by Crippen LogP contribution is -2.49. The van der Waals surface area contributed by atoms with E-state index < -0.39 is 5.41 Å². The van der Waals surface area contributed by atoms with Crippen LogP contribution in [0.5, 0.6) is 0 Å². The second-order valence-electron chi connectivity index (χ2n) is 12.7. The lowest BCUT2D eigenvalue weighted by Gasteiger charge is -2.36. The fourth-order valence-corrected chi connectivity index (χ4v) is 7.19. The standard InChI is InChI=1S/C38H48N4O3/c43-35(40-26-31-16-13-25-42(29-31)28-30-14-5-1-6-15-30)23-24-39-36(44)27-41-37(45)38(32-17-7-2-8-18-32,33-19-9-3-10-20-33)34-21-11-4-12-22-34/h2-4,7-12,17-22,30-31H,1,5-6,13-16,23-29H2,(H,39,44)(H,40,43)(H,41,45)/t31-/m1/s1. The summed E-state index contributed by atoms with van der Waals surface area (Å²) in [5.41, 5.74) is 1.29. The quantitative estimate of drug-likeness (QED) is 0.237. The van der Waals surface area contributed by atoms with E-state index in [1.165, 1.54) is 51.6 Å². The van der Waals surface area contributed by atoms with Gasteiger partial charge in [0.1, 0.15) is 5.41 Å². The van der Waals surface area contributed by atoms with Crippen molar-refractivity contribution in [1.82, 2.24) is 20.9 Å². The molecule has 0 bridgehead atoms. The van der Waals surface area contributed by atoms with Crippen molar-refractivity contribution in [3.05, 3.63) is 108 Å². The van der Waals surface area contributed by atoms with Crippen molar-refractivity contribution in [2.24, 2.45) is 11.8 Å². The number of hydrogen-bond donors (Lipinski definition) is 3. The van der Waals surface area contributed by atoms with Gasteiger partial charge in [-0.3, -0.25) is 14.4 Å². The van der Waals surface area contributed by atoms with Crippen molar-refractivity contribution in [2.75, 3.05) is 39.3 Å². The Balaban J connectivity index is 1.11. The van der Waals surface area contributed by atoms with Crippen molar-refractivity contribution < 1.29 is 14.4 Å². The van der Waals surface area contributed by atoms with Gasteiger partial charge in [-0.25, -0.2) is 0 Å². The normalized spacial score (nSPS) is 17.7. The Morgan fingerprint density at radius 2 is 1.20 bits per heavy atom. The van der Waals surface area contributed by atoms with Gasteiger partial charge >= 0.3 is 0 Å². The number of hydrogen-bond acceptors (Lipinski definition) is 4. The summed E-state index contributed by atoms with van der Waals surface area (Å²) in [6.07, 6.45) is 9.40. The first kappa shape index (κ1) is 32.4. The van der Waals surface area contributed by atoms with Gasteiger partial charge in [0.15, 0.2) is 0 Å². The molecule has 0 spiro atoms. The molecule has 3 N–H and O–H groups in total. The van der Waals surface area contributed by atoms with Crippen LogP contribution in [0.25, 0.3) is 0 Å². The van der Waals surface area contributed by atoms with Crippen molar-refractivity contribution in [3.63, 3.8) is 0 Å². The Labute approximate surface area is 268 Å². The molecule has 0 radical (unpaired) electrons. The van der Waals surface area contributed by atoms with E-state index in [0.29, 0.717) is 12.5 Å². The van der Waals surface area contributed by atoms with Crippen LogP contribution in [0.2, 0.25) is 0 Å². The summed E-state index contributed by atoms with van der Waals surface area (Å²) < 4.78 is 0. The highest BCUT2D eigenvalue weighted by atomic mass is 16.2. The number of benzene rings is 3. The predicted molar refractivity (Wildman–Crippen MR) is 179 cm³/mol. The average Bonchev–Trinajstić information content (AvgIpc) is 3.09. The molecule has 3 aromatic carbocycles. The maximum absolute atomic E-state index is 14.2. The van der Waals surface area contributed by atoms with Crippen LogP contribution in [0.1, 0.15) is 68.1 Å². The Bertz CT molecular complexity index is 1260. The number of nitrogens with one attached hydrogen (secondary N) is 3. The van der Waals surface area contributed by atoms with Crippen molar-refractivity contribution in [2.45, 2.75) is 56.8 Å². The van der Waals surface area contributed by atoms with E-state index in [4.69, 9.17) is 0 Å². The molecule has 7 heteroatoms. The molecule has 1 saturated heterocycles. The molecular formula is C38H48N4O3. The van der Waals surface area contributed by atoms with Crippen LogP contribution >= 0.6 is 0 Å². The Morgan fingerprint density at radius 1 is 0.644 bits per heavy atom. The number of nitrogens with zero attached hydrogens (tertiary/aromatic N) is 1. The highest BCUT2D eigenvalue weighted by Gasteiger charge is 2.43. The van der Waals surface area contributed by atoms with Crippen LogP contribution in [0.3, 0.4) is 0 Å². The third-order valence-electron chi connectivity index (χ3n) is 9.48. The van der Waals surface area contributed by atoms with Gasteiger partial charge in [0.2, 0.25) is 17.7 Å². The van der Waals surface area contributed by atoms with Crippen molar-refractivity contribution in [1.29, 1.82) is 0 Å². The fourth-order valence-electron chi connectivity index (χ4n) is 7.19. The zero-order valence-electron chi connectivity index (χ0n) is 26.4. The molecule has 3 aromatic rings. The molecule has 2 aliphatic rings. The molecule has 2 fully saturated rings. The molecule has 1 atom stereocenters. The van der Waals surface area contributed by atoms with E-state index in [0.717, 1.165) is 35.6 Å². The van der Waals surface area contributed by atoms with Gasteiger partial charge in [0.05, 0.1) is 6.54 Å². The first-order valence-electron chi connectivity index (χ1n) is 16.8. The van der Waals surface area contributed by atoms with Gasteiger partial charge in [-0.2, -0.15) is 0 Å². The van der Waals surface area contributed by atoms with Crippen LogP contribution in [0, 0.1) is 11.8 Å². The molecule has 1 saturated carbocycles. The van der Waals surface area contributed by atoms with Crippen LogP contribution in [-0.2, 0) is 19.8 Å². The van der Waals surface area contributed by atoms with Gasteiger partial charge < -0.3 is 20.9 Å². The van der Waals surface area contributed by atoms with E-state index in [1.54, 1.807) is 0 Å². The van der Waals surface area contributed by atoms with E-state index in [2.05, 4.69) is 20.9 Å². The van der Waals surface area contributed by atoms with Gasteiger partial charge in [-0.15, -0.1) is 0 Å². The van der Waals surface area contributed by atoms with Gasteiger partial charge in [0.25, 0.3) is 0 Å². The minimum Gasteiger partial charge on any atom is -0.356 e. The molecule has 3 amide bonds. The highest BCUT2D eigenvalue weighted by Crippen LogP contribution is 2.39. The fraction of sp³-hybridized carbons (Fsp3) is 0.447. The number of carbonyl (C=O) groups is 3. The van der Waals surface area contributed by atoms with Gasteiger partial charge in [-0.1, -0.05) is 110 Å². The molecule has 1 aliphatic carbocycles. The predicted octanol–water partition coefficient (Wildman–Crippen LogP) is 5.05. The highest BCUT2D eigenvalue weighted by molar-refractivity contribution is 5.98. The molecule has 0 aromatic heterocycles. The summed E-state index contributed by atoms with van der Waals surface area (Å²) in [6, 6.07) is 29.0. The first-order valence-corrected chi connectivity index (χ1v) is 16.8. The maximum Gasteiger partial charge on any atom is 0.240 e. The van der Waals surface area contributed by atoms with Crippen LogP contribution in [-0.4, -0.2) is 61.9 Å². The molecule has 5 rings (SSSR count). The average molecular weight is 609 g/mol. The summed E-state index contributed by atoms with van der Waals surface area (Å²) >= 11 is 0. The van der Waals surface area contributed by atoms with Crippen LogP contribution < -0.4 is 16.0 Å². The third-order valence-corrected chi connectivity index (χ3v) is 9.48. The SMILES string of the molecule is O=C(CCNC(=O)CNC(=O)C(c1ccccc1)(c1ccccc1)c1ccccc1)NC[C@H]1CCCN(CC2CCCCC2)C1. The largest absolute Gasteiger partial charge is 0.356 e. The number of likely N-dealkylation sites (tertiary alicyclic amines) is 1. The number of carbonyl (C=O) groups excluding carboxylic acids is 3. The monoisotopic (exact) mass is 608 g/mol. The third kappa shape index (κ3) is 8.60. The molecule has 7 nitrogen and oxygen atoms in total. The lowest BCUT2D eigenvalue weighted by molar-refractivity contribution is -0.128. The maximum atomic E-state index is 14.2. The molecular weight excluding hydrogens is 560 g/mol. The minimum absolute atomic E-state index is 0.0556. The van der Waals surface area contributed by atoms with Crippen LogP contribution in [0.15, 0.2) is 91.0 Å². The number of amides is 3. The van der Waals surface area contributed by atoms with Gasteiger partial charge in [0, 0.05) is 32.6 Å². The van der Waals surface area contributed by atoms with E-state index in [-0.39, 0.29) is 37.2 Å². The molecule has 45 heavy (non-hydrogen) atoms. The Hall–Kier alpha value is -3.97. The number of rotatable bonds is 13. The molecule has 1 heterocycles. The summed E-state index contributed by atoms with van der Waals surface area (Å²) in [6.45, 7) is 4.16. The Morgan fingerprint density at radius 3 is 1.78 bits per heavy atom. The Kier molecular flexibility index (Phi) is 11.8. The summed E-state index contributed by atoms with van der Waals surface area (Å²) in [5.74, 6) is 0.649. The van der Waals surface area contributed by atoms with E-state index in [9.17, 15) is 14.4 Å². The summed E-state index contributed by atoms with van der Waals surface area (Å²) in [7, 11) is 0. The van der Waals surface area contributed by atoms with Crippen molar-refractivity contribution >= 4 is 17.7 Å². The zero-order chi connectivity index (χ0) is 31.3. The first-order chi connectivity index (χ1) is 22.1. The summed E-state index contributed by atoms with van der Waals surface area (Å²) in [4.78, 5) is 42.2. The topological polar surface area (TPSA) is 90.5 Å². The van der Waals surface area contributed by atoms with E-state index in [1.807, 2.05) is 91.0 Å². The summed E-state index contributed by atoms with van der Waals surface area (Å²) in [5, 5.41) is 8.80. The lowest BCUT2D eigenvalue weighted by atomic mass is 9.68. The second kappa shape index (κ2) is 16.4. The van der Waals surface area contributed by atoms with Crippen LogP contribution in [0.4, 0.5) is 0 Å².